The van der Waals surface area contributed by atoms with Crippen LogP contribution in [0.3, 0.4) is 0 Å². The zero-order chi connectivity index (χ0) is 24.3. The molecule has 0 saturated carbocycles. The SMILES string of the molecule is C#CCNc1ccc(C(=O)N[C@@H](CCC(=O)N[C@H](CCC(=O)O)C(=O)O)C(=O)O)c(F)c1. The molecule has 12 heteroatoms. The molecule has 11 nitrogen and oxygen atoms in total. The van der Waals surface area contributed by atoms with E-state index in [2.05, 4.69) is 21.9 Å². The number of hydrogen-bond donors (Lipinski definition) is 6. The Morgan fingerprint density at radius 1 is 0.969 bits per heavy atom. The van der Waals surface area contributed by atoms with Crippen LogP contribution in [0.2, 0.25) is 0 Å². The minimum atomic E-state index is -1.56. The highest BCUT2D eigenvalue weighted by Crippen LogP contribution is 2.15. The molecule has 0 heterocycles. The van der Waals surface area contributed by atoms with E-state index in [-0.39, 0.29) is 13.0 Å². The Morgan fingerprint density at radius 3 is 2.09 bits per heavy atom. The van der Waals surface area contributed by atoms with Gasteiger partial charge in [0.2, 0.25) is 5.91 Å². The molecule has 1 rings (SSSR count). The fourth-order valence-corrected chi connectivity index (χ4v) is 2.52. The molecule has 1 aromatic rings. The molecule has 0 aliphatic heterocycles. The van der Waals surface area contributed by atoms with Crippen LogP contribution >= 0.6 is 0 Å². The van der Waals surface area contributed by atoms with Crippen molar-refractivity contribution in [1.82, 2.24) is 10.6 Å². The second-order valence-electron chi connectivity index (χ2n) is 6.55. The summed E-state index contributed by atoms with van der Waals surface area (Å²) < 4.78 is 14.2. The molecule has 0 unspecified atom stereocenters. The molecule has 0 aliphatic rings. The second-order valence-corrected chi connectivity index (χ2v) is 6.55. The Hall–Kier alpha value is -4.14. The van der Waals surface area contributed by atoms with Crippen LogP contribution in [0, 0.1) is 18.2 Å². The van der Waals surface area contributed by atoms with Crippen LogP contribution in [0.25, 0.3) is 0 Å². The molecule has 172 valence electrons. The molecule has 0 bridgehead atoms. The van der Waals surface area contributed by atoms with Crippen molar-refractivity contribution >= 4 is 35.4 Å². The van der Waals surface area contributed by atoms with E-state index in [1.807, 2.05) is 0 Å². The molecule has 1 aromatic carbocycles. The van der Waals surface area contributed by atoms with Crippen LogP contribution in [0.4, 0.5) is 10.1 Å². The van der Waals surface area contributed by atoms with Gasteiger partial charge in [-0.3, -0.25) is 14.4 Å². The molecule has 2 atom stereocenters. The number of hydrogen-bond acceptors (Lipinski definition) is 6. The molecule has 0 radical (unpaired) electrons. The first-order valence-corrected chi connectivity index (χ1v) is 9.29. The van der Waals surface area contributed by atoms with Gasteiger partial charge in [-0.05, 0) is 31.0 Å². The Kier molecular flexibility index (Phi) is 10.1. The number of rotatable bonds is 13. The van der Waals surface area contributed by atoms with Crippen molar-refractivity contribution in [3.63, 3.8) is 0 Å². The maximum absolute atomic E-state index is 14.2. The summed E-state index contributed by atoms with van der Waals surface area (Å²) in [5, 5.41) is 33.8. The van der Waals surface area contributed by atoms with Gasteiger partial charge in [0.1, 0.15) is 17.9 Å². The van der Waals surface area contributed by atoms with Gasteiger partial charge in [-0.25, -0.2) is 14.0 Å². The lowest BCUT2D eigenvalue weighted by atomic mass is 10.1. The summed E-state index contributed by atoms with van der Waals surface area (Å²) in [4.78, 5) is 57.3. The third kappa shape index (κ3) is 8.70. The van der Waals surface area contributed by atoms with Crippen LogP contribution in [-0.4, -0.2) is 63.7 Å². The normalized spacial score (nSPS) is 12.0. The predicted octanol–water partition coefficient (Wildman–Crippen LogP) is 0.268. The number of carbonyl (C=O) groups is 5. The molecule has 0 aliphatic carbocycles. The van der Waals surface area contributed by atoms with E-state index in [0.29, 0.717) is 5.69 Å². The number of carboxylic acid groups (broad SMARTS) is 3. The summed E-state index contributed by atoms with van der Waals surface area (Å²) >= 11 is 0. The number of carbonyl (C=O) groups excluding carboxylic acids is 2. The van der Waals surface area contributed by atoms with Crippen molar-refractivity contribution in [1.29, 1.82) is 0 Å². The van der Waals surface area contributed by atoms with Crippen LogP contribution in [0.1, 0.15) is 36.0 Å². The average Bonchev–Trinajstić information content (AvgIpc) is 2.71. The van der Waals surface area contributed by atoms with E-state index in [1.54, 1.807) is 0 Å². The molecule has 2 amide bonds. The maximum Gasteiger partial charge on any atom is 0.326 e. The van der Waals surface area contributed by atoms with E-state index in [9.17, 15) is 33.5 Å². The number of aliphatic carboxylic acids is 3. The van der Waals surface area contributed by atoms with Gasteiger partial charge in [0.05, 0.1) is 12.1 Å². The first-order chi connectivity index (χ1) is 15.0. The largest absolute Gasteiger partial charge is 0.481 e. The topological polar surface area (TPSA) is 182 Å². The Morgan fingerprint density at radius 2 is 1.56 bits per heavy atom. The summed E-state index contributed by atoms with van der Waals surface area (Å²) in [6.45, 7) is 0.132. The first-order valence-electron chi connectivity index (χ1n) is 9.29. The molecule has 0 fully saturated rings. The van der Waals surface area contributed by atoms with E-state index < -0.39 is 72.4 Å². The van der Waals surface area contributed by atoms with E-state index in [4.69, 9.17) is 16.6 Å². The highest BCUT2D eigenvalue weighted by Gasteiger charge is 2.25. The van der Waals surface area contributed by atoms with Crippen molar-refractivity contribution in [3.05, 3.63) is 29.6 Å². The van der Waals surface area contributed by atoms with Crippen molar-refractivity contribution in [2.75, 3.05) is 11.9 Å². The summed E-state index contributed by atoms with van der Waals surface area (Å²) in [6, 6.07) is 0.497. The number of carboxylic acids is 3. The van der Waals surface area contributed by atoms with Gasteiger partial charge in [0, 0.05) is 18.5 Å². The minimum Gasteiger partial charge on any atom is -0.481 e. The maximum atomic E-state index is 14.2. The lowest BCUT2D eigenvalue weighted by molar-refractivity contribution is -0.143. The van der Waals surface area contributed by atoms with Crippen LogP contribution in [0.5, 0.6) is 0 Å². The van der Waals surface area contributed by atoms with E-state index >= 15 is 0 Å². The second kappa shape index (κ2) is 12.5. The highest BCUT2D eigenvalue weighted by molar-refractivity contribution is 5.97. The lowest BCUT2D eigenvalue weighted by Gasteiger charge is -2.17. The number of amides is 2. The Balaban J connectivity index is 2.72. The van der Waals surface area contributed by atoms with Crippen molar-refractivity contribution in [2.24, 2.45) is 0 Å². The number of benzene rings is 1. The number of terminal acetylenes is 1. The van der Waals surface area contributed by atoms with Gasteiger partial charge in [0.15, 0.2) is 0 Å². The van der Waals surface area contributed by atoms with Crippen molar-refractivity contribution in [2.45, 2.75) is 37.8 Å². The Bertz CT molecular complexity index is 928. The molecule has 0 saturated heterocycles. The van der Waals surface area contributed by atoms with E-state index in [0.717, 1.165) is 12.1 Å². The number of nitrogens with one attached hydrogen (secondary N) is 3. The van der Waals surface area contributed by atoms with Gasteiger partial charge in [-0.2, -0.15) is 0 Å². The monoisotopic (exact) mass is 451 g/mol. The molecular formula is C20H22FN3O8. The molecule has 6 N–H and O–H groups in total. The zero-order valence-corrected chi connectivity index (χ0v) is 16.8. The standard InChI is InChI=1S/C20H22FN3O8/c1-2-9-22-11-3-4-12(13(21)10-11)18(28)24-15(20(31)32)5-7-16(25)23-14(19(29)30)6-8-17(26)27/h1,3-4,10,14-15,22H,5-9H2,(H,23,25)(H,24,28)(H,26,27)(H,29,30)(H,31,32)/t14-,15+/m1/s1. The number of halogens is 1. The van der Waals surface area contributed by atoms with Crippen molar-refractivity contribution in [3.8, 4) is 12.3 Å². The third-order valence-electron chi connectivity index (χ3n) is 4.15. The summed E-state index contributed by atoms with van der Waals surface area (Å²) in [5.41, 5.74) is -0.106. The fraction of sp³-hybridized carbons (Fsp3) is 0.350. The zero-order valence-electron chi connectivity index (χ0n) is 16.8. The smallest absolute Gasteiger partial charge is 0.326 e. The van der Waals surface area contributed by atoms with Crippen LogP contribution < -0.4 is 16.0 Å². The van der Waals surface area contributed by atoms with Gasteiger partial charge < -0.3 is 31.3 Å². The third-order valence-corrected chi connectivity index (χ3v) is 4.15. The molecule has 0 spiro atoms. The van der Waals surface area contributed by atoms with Gasteiger partial charge in [0.25, 0.3) is 5.91 Å². The summed E-state index contributed by atoms with van der Waals surface area (Å²) in [5.74, 6) is -4.68. The number of anilines is 1. The van der Waals surface area contributed by atoms with E-state index in [1.165, 1.54) is 6.07 Å². The molecule has 0 aromatic heterocycles. The van der Waals surface area contributed by atoms with Gasteiger partial charge in [-0.1, -0.05) is 5.92 Å². The average molecular weight is 451 g/mol. The fourth-order valence-electron chi connectivity index (χ4n) is 2.52. The van der Waals surface area contributed by atoms with Gasteiger partial charge >= 0.3 is 17.9 Å². The molecule has 32 heavy (non-hydrogen) atoms. The lowest BCUT2D eigenvalue weighted by Crippen LogP contribution is -2.44. The predicted molar refractivity (Wildman–Crippen MR) is 108 cm³/mol. The summed E-state index contributed by atoms with van der Waals surface area (Å²) in [6.07, 6.45) is 3.34. The highest BCUT2D eigenvalue weighted by atomic mass is 19.1. The minimum absolute atomic E-state index is 0.132. The first kappa shape index (κ1) is 25.9. The van der Waals surface area contributed by atoms with Gasteiger partial charge in [-0.15, -0.1) is 6.42 Å². The van der Waals surface area contributed by atoms with Crippen LogP contribution in [-0.2, 0) is 19.2 Å². The van der Waals surface area contributed by atoms with Crippen LogP contribution in [0.15, 0.2) is 18.2 Å². The quantitative estimate of drug-likeness (QED) is 0.229. The summed E-state index contributed by atoms with van der Waals surface area (Å²) in [7, 11) is 0. The Labute approximate surface area is 182 Å². The van der Waals surface area contributed by atoms with Crippen molar-refractivity contribution < 1.29 is 43.7 Å². The molecular weight excluding hydrogens is 429 g/mol.